The Kier molecular flexibility index (Phi) is 7.88. The third-order valence-electron chi connectivity index (χ3n) is 2.38. The summed E-state index contributed by atoms with van der Waals surface area (Å²) in [5.41, 5.74) is -2.90. The molecular formula is C12H12NNaO8. The number of aliphatic hydroxyl groups is 1. The Balaban J connectivity index is 0. The summed E-state index contributed by atoms with van der Waals surface area (Å²) in [6.45, 7) is 0. The van der Waals surface area contributed by atoms with Crippen LogP contribution in [0.4, 0.5) is 0 Å². The van der Waals surface area contributed by atoms with Gasteiger partial charge in [-0.3, -0.25) is 14.6 Å². The summed E-state index contributed by atoms with van der Waals surface area (Å²) in [6.07, 6.45) is 0.115. The van der Waals surface area contributed by atoms with Gasteiger partial charge in [0.1, 0.15) is 0 Å². The number of carbonyl (C=O) groups excluding carboxylic acids is 2. The van der Waals surface area contributed by atoms with E-state index < -0.39 is 42.3 Å². The predicted molar refractivity (Wildman–Crippen MR) is 65.2 cm³/mol. The number of ether oxygens (including phenoxy) is 1. The number of carboxylic acid groups (broad SMARTS) is 2. The molecule has 0 radical (unpaired) electrons. The Morgan fingerprint density at radius 2 is 1.86 bits per heavy atom. The zero-order valence-electron chi connectivity index (χ0n) is 12.6. The predicted octanol–water partition coefficient (Wildman–Crippen LogP) is -3.44. The summed E-state index contributed by atoms with van der Waals surface area (Å²) in [5.74, 6) is -5.98. The largest absolute Gasteiger partial charge is 1.00 e. The molecule has 1 rings (SSSR count). The van der Waals surface area contributed by atoms with Gasteiger partial charge < -0.3 is 21.5 Å². The van der Waals surface area contributed by atoms with Crippen LogP contribution < -0.4 is 29.6 Å². The molecule has 0 saturated heterocycles. The van der Waals surface area contributed by atoms with Gasteiger partial charge in [0.15, 0.2) is 5.60 Å². The molecule has 0 fully saturated rings. The van der Waals surface area contributed by atoms with Crippen molar-refractivity contribution in [1.29, 1.82) is 0 Å². The molecule has 1 atom stereocenters. The average molecular weight is 321 g/mol. The molecule has 0 aliphatic rings. The van der Waals surface area contributed by atoms with E-state index in [1.807, 2.05) is 0 Å². The minimum atomic E-state index is -2.85. The average Bonchev–Trinajstić information content (AvgIpc) is 2.38. The molecule has 0 saturated carbocycles. The van der Waals surface area contributed by atoms with Crippen LogP contribution in [0, 0.1) is 0 Å². The van der Waals surface area contributed by atoms with Crippen molar-refractivity contribution < 1.29 is 70.2 Å². The van der Waals surface area contributed by atoms with Crippen LogP contribution in [0.25, 0.3) is 0 Å². The molecule has 1 unspecified atom stereocenters. The molecule has 9 nitrogen and oxygen atoms in total. The van der Waals surface area contributed by atoms with Gasteiger partial charge in [0.05, 0.1) is 18.4 Å². The Morgan fingerprint density at radius 1 is 1.23 bits per heavy atom. The first-order chi connectivity index (χ1) is 9.74. The van der Waals surface area contributed by atoms with E-state index in [0.29, 0.717) is 0 Å². The summed E-state index contributed by atoms with van der Waals surface area (Å²) in [7, 11) is 0. The first kappa shape index (κ1) is 20.2. The third kappa shape index (κ3) is 5.90. The number of aromatic nitrogens is 1. The van der Waals surface area contributed by atoms with Crippen molar-refractivity contribution in [2.24, 2.45) is 0 Å². The number of hydrogen-bond donors (Lipinski definition) is 3. The van der Waals surface area contributed by atoms with Gasteiger partial charge in [0.2, 0.25) is 0 Å². The number of rotatable bonds is 6. The molecule has 0 spiro atoms. The number of carboxylic acids is 2. The van der Waals surface area contributed by atoms with Crippen molar-refractivity contribution in [1.82, 2.24) is 4.98 Å². The van der Waals surface area contributed by atoms with Crippen LogP contribution >= 0.6 is 0 Å². The fourth-order valence-corrected chi connectivity index (χ4v) is 1.38. The van der Waals surface area contributed by atoms with Crippen LogP contribution in [0.15, 0.2) is 24.5 Å². The minimum Gasteiger partial charge on any atom is -1.00 e. The van der Waals surface area contributed by atoms with Crippen LogP contribution in [0.3, 0.4) is 0 Å². The van der Waals surface area contributed by atoms with E-state index in [9.17, 15) is 24.3 Å². The quantitative estimate of drug-likeness (QED) is 0.276. The first-order valence-electron chi connectivity index (χ1n) is 5.57. The molecule has 1 aromatic heterocycles. The normalized spacial score (nSPS) is 12.4. The zero-order chi connectivity index (χ0) is 16.0. The molecule has 0 amide bonds. The Hall–Kier alpha value is -1.81. The van der Waals surface area contributed by atoms with Crippen molar-refractivity contribution in [3.63, 3.8) is 0 Å². The van der Waals surface area contributed by atoms with Crippen LogP contribution in [-0.4, -0.2) is 49.8 Å². The van der Waals surface area contributed by atoms with E-state index in [2.05, 4.69) is 9.72 Å². The number of hydrogen-bond acceptors (Lipinski definition) is 7. The van der Waals surface area contributed by atoms with Crippen LogP contribution in [0.1, 0.15) is 24.6 Å². The summed E-state index contributed by atoms with van der Waals surface area (Å²) in [4.78, 5) is 47.9. The fourth-order valence-electron chi connectivity index (χ4n) is 1.38. The van der Waals surface area contributed by atoms with Crippen molar-refractivity contribution in [3.05, 3.63) is 30.1 Å². The molecule has 0 aromatic carbocycles. The maximum atomic E-state index is 11.5. The van der Waals surface area contributed by atoms with Gasteiger partial charge in [-0.2, -0.15) is 0 Å². The molecule has 10 heteroatoms. The van der Waals surface area contributed by atoms with Gasteiger partial charge >= 0.3 is 53.4 Å². The van der Waals surface area contributed by atoms with Crippen molar-refractivity contribution >= 4 is 23.9 Å². The van der Waals surface area contributed by atoms with Gasteiger partial charge in [-0.25, -0.2) is 9.59 Å². The maximum Gasteiger partial charge on any atom is 1.00 e. The molecule has 3 N–H and O–H groups in total. The first-order valence-corrected chi connectivity index (χ1v) is 5.57. The fraction of sp³-hybridized carbons (Fsp3) is 0.250. The standard InChI is InChI=1S/C12H11NO8.Na.H/c14-8(15)4-12(20,11(18)19)5-9(16)21-10(17)7-2-1-3-13-6-7;;/h1-3,6,20H,4-5H2,(H,14,15)(H,18,19);;/q;+1;-1. The van der Waals surface area contributed by atoms with Crippen LogP contribution in [0.2, 0.25) is 0 Å². The Morgan fingerprint density at radius 3 is 2.32 bits per heavy atom. The second kappa shape index (κ2) is 8.59. The van der Waals surface area contributed by atoms with Crippen LogP contribution in [0.5, 0.6) is 0 Å². The molecule has 0 bridgehead atoms. The summed E-state index contributed by atoms with van der Waals surface area (Å²) >= 11 is 0. The second-order valence-corrected chi connectivity index (χ2v) is 4.09. The van der Waals surface area contributed by atoms with E-state index in [0.717, 1.165) is 6.20 Å². The van der Waals surface area contributed by atoms with E-state index in [-0.39, 0.29) is 36.5 Å². The maximum absolute atomic E-state index is 11.5. The van der Waals surface area contributed by atoms with Gasteiger partial charge in [0, 0.05) is 12.4 Å². The van der Waals surface area contributed by atoms with Gasteiger partial charge in [-0.15, -0.1) is 0 Å². The number of aliphatic carboxylic acids is 2. The third-order valence-corrected chi connectivity index (χ3v) is 2.38. The van der Waals surface area contributed by atoms with Gasteiger partial charge in [0.25, 0.3) is 0 Å². The van der Waals surface area contributed by atoms with Crippen molar-refractivity contribution in [2.75, 3.05) is 0 Å². The molecule has 1 heterocycles. The Bertz CT molecular complexity index is 582. The monoisotopic (exact) mass is 321 g/mol. The van der Waals surface area contributed by atoms with E-state index in [4.69, 9.17) is 10.2 Å². The number of carbonyl (C=O) groups is 4. The van der Waals surface area contributed by atoms with Gasteiger partial charge in [-0.1, -0.05) is 0 Å². The summed E-state index contributed by atoms with van der Waals surface area (Å²) in [6, 6.07) is 2.72. The molecule has 114 valence electrons. The minimum absolute atomic E-state index is 0. The smallest absolute Gasteiger partial charge is 1.00 e. The molecular weight excluding hydrogens is 309 g/mol. The number of pyridine rings is 1. The topological polar surface area (TPSA) is 151 Å². The van der Waals surface area contributed by atoms with E-state index >= 15 is 0 Å². The van der Waals surface area contributed by atoms with E-state index in [1.165, 1.54) is 18.3 Å². The molecule has 0 aliphatic carbocycles. The van der Waals surface area contributed by atoms with Crippen molar-refractivity contribution in [3.8, 4) is 0 Å². The van der Waals surface area contributed by atoms with Crippen LogP contribution in [-0.2, 0) is 19.1 Å². The summed E-state index contributed by atoms with van der Waals surface area (Å²) < 4.78 is 4.33. The van der Waals surface area contributed by atoms with Crippen molar-refractivity contribution in [2.45, 2.75) is 18.4 Å². The SMILES string of the molecule is O=C(O)CC(O)(CC(=O)OC(=O)c1cccnc1)C(=O)O.[H-].[Na+]. The van der Waals surface area contributed by atoms with Gasteiger partial charge in [-0.05, 0) is 12.1 Å². The molecule has 0 aliphatic heterocycles. The second-order valence-electron chi connectivity index (χ2n) is 4.09. The van der Waals surface area contributed by atoms with E-state index in [1.54, 1.807) is 0 Å². The molecule has 22 heavy (non-hydrogen) atoms. The number of nitrogens with zero attached hydrogens (tertiary/aromatic N) is 1. The number of esters is 2. The molecule has 1 aromatic rings. The zero-order valence-corrected chi connectivity index (χ0v) is 13.6. The summed E-state index contributed by atoms with van der Waals surface area (Å²) in [5, 5.41) is 26.9. The Labute approximate surface area is 147 Å².